The number of anilines is 1. The third-order valence-corrected chi connectivity index (χ3v) is 4.57. The number of rotatable bonds is 6. The number of nitrogens with one attached hydrogen (secondary N) is 1. The van der Waals surface area contributed by atoms with Gasteiger partial charge in [-0.1, -0.05) is 23.4 Å². The lowest BCUT2D eigenvalue weighted by Crippen LogP contribution is -2.08. The van der Waals surface area contributed by atoms with Gasteiger partial charge in [0, 0.05) is 10.4 Å². The number of carbonyl (C=O) groups is 1. The molecule has 2 heterocycles. The Kier molecular flexibility index (Phi) is 5.45. The average molecular weight is 378 g/mol. The number of fused-ring (bicyclic) bond motifs is 1. The number of nitrogens with zero attached hydrogens (tertiary/aromatic N) is 2. The summed E-state index contributed by atoms with van der Waals surface area (Å²) in [5.74, 6) is 1.25. The summed E-state index contributed by atoms with van der Waals surface area (Å²) in [6.45, 7) is 1.97. The second-order valence-corrected chi connectivity index (χ2v) is 6.74. The van der Waals surface area contributed by atoms with Gasteiger partial charge in [0.25, 0.3) is 0 Å². The Morgan fingerprint density at radius 1 is 1.40 bits per heavy atom. The van der Waals surface area contributed by atoms with Crippen LogP contribution in [0.2, 0.25) is 5.02 Å². The zero-order chi connectivity index (χ0) is 17.8. The molecule has 0 spiro atoms. The molecule has 8 heteroatoms. The SMILES string of the molecule is COC(=O)CSc1cncc(NC(C)c2cc3cc(Cl)ccc3o2)n1. The van der Waals surface area contributed by atoms with Gasteiger partial charge in [-0.05, 0) is 31.2 Å². The van der Waals surface area contributed by atoms with Gasteiger partial charge in [-0.3, -0.25) is 9.78 Å². The first-order chi connectivity index (χ1) is 12.0. The predicted octanol–water partition coefficient (Wildman–Crippen LogP) is 4.31. The largest absolute Gasteiger partial charge is 0.468 e. The first-order valence-corrected chi connectivity index (χ1v) is 8.88. The number of hydrogen-bond donors (Lipinski definition) is 1. The van der Waals surface area contributed by atoms with Gasteiger partial charge in [-0.2, -0.15) is 0 Å². The molecule has 130 valence electrons. The highest BCUT2D eigenvalue weighted by molar-refractivity contribution is 7.99. The summed E-state index contributed by atoms with van der Waals surface area (Å²) in [7, 11) is 1.36. The van der Waals surface area contributed by atoms with E-state index in [0.29, 0.717) is 15.9 Å². The molecule has 0 aliphatic carbocycles. The lowest BCUT2D eigenvalue weighted by molar-refractivity contribution is -0.137. The number of hydrogen-bond acceptors (Lipinski definition) is 7. The Bertz CT molecular complexity index is 900. The van der Waals surface area contributed by atoms with Gasteiger partial charge in [0.15, 0.2) is 0 Å². The zero-order valence-electron chi connectivity index (χ0n) is 13.7. The average Bonchev–Trinajstić information content (AvgIpc) is 3.03. The molecule has 0 saturated carbocycles. The van der Waals surface area contributed by atoms with E-state index in [1.54, 1.807) is 18.5 Å². The van der Waals surface area contributed by atoms with Crippen molar-refractivity contribution in [2.24, 2.45) is 0 Å². The highest BCUT2D eigenvalue weighted by Crippen LogP contribution is 2.28. The van der Waals surface area contributed by atoms with E-state index >= 15 is 0 Å². The molecule has 0 aliphatic heterocycles. The first-order valence-electron chi connectivity index (χ1n) is 7.52. The number of benzene rings is 1. The maximum absolute atomic E-state index is 11.2. The van der Waals surface area contributed by atoms with Gasteiger partial charge < -0.3 is 14.5 Å². The second-order valence-electron chi connectivity index (χ2n) is 5.30. The number of ether oxygens (including phenoxy) is 1. The van der Waals surface area contributed by atoms with Gasteiger partial charge >= 0.3 is 5.97 Å². The van der Waals surface area contributed by atoms with E-state index in [2.05, 4.69) is 20.0 Å². The molecule has 1 atom stereocenters. The van der Waals surface area contributed by atoms with Crippen LogP contribution in [0.1, 0.15) is 18.7 Å². The van der Waals surface area contributed by atoms with Crippen molar-refractivity contribution < 1.29 is 13.9 Å². The Balaban J connectivity index is 1.71. The minimum absolute atomic E-state index is 0.110. The van der Waals surface area contributed by atoms with Crippen molar-refractivity contribution in [1.82, 2.24) is 9.97 Å². The summed E-state index contributed by atoms with van der Waals surface area (Å²) in [6.07, 6.45) is 3.23. The van der Waals surface area contributed by atoms with E-state index in [4.69, 9.17) is 16.0 Å². The van der Waals surface area contributed by atoms with Crippen molar-refractivity contribution in [3.63, 3.8) is 0 Å². The van der Waals surface area contributed by atoms with Gasteiger partial charge in [-0.25, -0.2) is 4.98 Å². The Morgan fingerprint density at radius 3 is 3.04 bits per heavy atom. The molecule has 0 saturated heterocycles. The Morgan fingerprint density at radius 2 is 2.24 bits per heavy atom. The highest BCUT2D eigenvalue weighted by Gasteiger charge is 2.13. The lowest BCUT2D eigenvalue weighted by atomic mass is 10.2. The fourth-order valence-electron chi connectivity index (χ4n) is 2.22. The minimum Gasteiger partial charge on any atom is -0.468 e. The molecule has 0 radical (unpaired) electrons. The van der Waals surface area contributed by atoms with Crippen LogP contribution in [-0.2, 0) is 9.53 Å². The van der Waals surface area contributed by atoms with Crippen LogP contribution in [0.25, 0.3) is 11.0 Å². The predicted molar refractivity (Wildman–Crippen MR) is 98.0 cm³/mol. The molecule has 6 nitrogen and oxygen atoms in total. The normalized spacial score (nSPS) is 12.1. The fraction of sp³-hybridized carbons (Fsp3) is 0.235. The van der Waals surface area contributed by atoms with Crippen molar-refractivity contribution in [2.45, 2.75) is 18.0 Å². The first kappa shape index (κ1) is 17.6. The van der Waals surface area contributed by atoms with E-state index < -0.39 is 0 Å². The smallest absolute Gasteiger partial charge is 0.316 e. The summed E-state index contributed by atoms with van der Waals surface area (Å²) < 4.78 is 10.5. The van der Waals surface area contributed by atoms with Crippen LogP contribution >= 0.6 is 23.4 Å². The topological polar surface area (TPSA) is 77.2 Å². The number of methoxy groups -OCH3 is 1. The number of carbonyl (C=O) groups excluding carboxylic acids is 1. The number of aromatic nitrogens is 2. The number of esters is 1. The molecule has 0 bridgehead atoms. The quantitative estimate of drug-likeness (QED) is 0.506. The van der Waals surface area contributed by atoms with Crippen molar-refractivity contribution in [3.05, 3.63) is 47.4 Å². The molecule has 25 heavy (non-hydrogen) atoms. The maximum atomic E-state index is 11.2. The third-order valence-electron chi connectivity index (χ3n) is 3.47. The van der Waals surface area contributed by atoms with E-state index in [1.165, 1.54) is 18.9 Å². The monoisotopic (exact) mass is 377 g/mol. The molecule has 1 aromatic carbocycles. The number of furan rings is 1. The standard InChI is InChI=1S/C17H16ClN3O3S/c1-10(14-6-11-5-12(18)3-4-13(11)24-14)20-15-7-19-8-16(21-15)25-9-17(22)23-2/h3-8,10H,9H2,1-2H3,(H,20,21). The Labute approximate surface area is 153 Å². The van der Waals surface area contributed by atoms with Crippen molar-refractivity contribution >= 4 is 46.1 Å². The van der Waals surface area contributed by atoms with E-state index in [-0.39, 0.29) is 17.8 Å². The van der Waals surface area contributed by atoms with Crippen LogP contribution in [0.5, 0.6) is 0 Å². The second kappa shape index (κ2) is 7.76. The highest BCUT2D eigenvalue weighted by atomic mass is 35.5. The van der Waals surface area contributed by atoms with Crippen LogP contribution in [0.15, 0.2) is 46.1 Å². The minimum atomic E-state index is -0.306. The summed E-state index contributed by atoms with van der Waals surface area (Å²) in [4.78, 5) is 19.8. The molecular weight excluding hydrogens is 362 g/mol. The van der Waals surface area contributed by atoms with Crippen LogP contribution < -0.4 is 5.32 Å². The van der Waals surface area contributed by atoms with Gasteiger partial charge in [0.2, 0.25) is 0 Å². The van der Waals surface area contributed by atoms with Gasteiger partial charge in [-0.15, -0.1) is 0 Å². The van der Waals surface area contributed by atoms with E-state index in [0.717, 1.165) is 16.7 Å². The molecule has 1 unspecified atom stereocenters. The molecule has 0 fully saturated rings. The molecule has 3 aromatic rings. The molecule has 1 N–H and O–H groups in total. The van der Waals surface area contributed by atoms with E-state index in [9.17, 15) is 4.79 Å². The maximum Gasteiger partial charge on any atom is 0.316 e. The third kappa shape index (κ3) is 4.43. The summed E-state index contributed by atoms with van der Waals surface area (Å²) in [5, 5.41) is 5.50. The number of halogens is 1. The molecular formula is C17H16ClN3O3S. The van der Waals surface area contributed by atoms with Crippen molar-refractivity contribution in [1.29, 1.82) is 0 Å². The van der Waals surface area contributed by atoms with Crippen LogP contribution in [-0.4, -0.2) is 28.8 Å². The number of thioether (sulfide) groups is 1. The Hall–Kier alpha value is -2.25. The fourth-order valence-corrected chi connectivity index (χ4v) is 3.08. The molecule has 2 aromatic heterocycles. The summed E-state index contributed by atoms with van der Waals surface area (Å²) in [5.41, 5.74) is 0.779. The zero-order valence-corrected chi connectivity index (χ0v) is 15.2. The molecule has 3 rings (SSSR count). The molecule has 0 aliphatic rings. The lowest BCUT2D eigenvalue weighted by Gasteiger charge is -2.12. The van der Waals surface area contributed by atoms with Gasteiger partial charge in [0.05, 0.1) is 31.3 Å². The van der Waals surface area contributed by atoms with Crippen LogP contribution in [0.3, 0.4) is 0 Å². The van der Waals surface area contributed by atoms with Crippen molar-refractivity contribution in [2.75, 3.05) is 18.2 Å². The van der Waals surface area contributed by atoms with Gasteiger partial charge in [0.1, 0.15) is 22.2 Å². The summed E-state index contributed by atoms with van der Waals surface area (Å²) >= 11 is 7.28. The van der Waals surface area contributed by atoms with E-state index in [1.807, 2.05) is 25.1 Å². The van der Waals surface area contributed by atoms with Crippen LogP contribution in [0, 0.1) is 0 Å². The van der Waals surface area contributed by atoms with Crippen LogP contribution in [0.4, 0.5) is 5.82 Å². The van der Waals surface area contributed by atoms with Crippen molar-refractivity contribution in [3.8, 4) is 0 Å². The molecule has 0 amide bonds. The summed E-state index contributed by atoms with van der Waals surface area (Å²) in [6, 6.07) is 7.34.